The summed E-state index contributed by atoms with van der Waals surface area (Å²) in [6.45, 7) is -0.0473. The summed E-state index contributed by atoms with van der Waals surface area (Å²) in [5, 5.41) is 0. The van der Waals surface area contributed by atoms with Gasteiger partial charge in [-0.3, -0.25) is 9.36 Å². The molecule has 1 amide bonds. The second kappa shape index (κ2) is 6.83. The van der Waals surface area contributed by atoms with E-state index in [2.05, 4.69) is 4.98 Å². The Morgan fingerprint density at radius 3 is 2.79 bits per heavy atom. The molecule has 2 aromatic heterocycles. The number of fused-ring (bicyclic) bond motifs is 2. The van der Waals surface area contributed by atoms with Crippen molar-refractivity contribution in [2.45, 2.75) is 44.6 Å². The van der Waals surface area contributed by atoms with Crippen LogP contribution in [0.15, 0.2) is 18.3 Å². The van der Waals surface area contributed by atoms with Gasteiger partial charge in [0.05, 0.1) is 5.69 Å². The van der Waals surface area contributed by atoms with Gasteiger partial charge in [-0.05, 0) is 50.3 Å². The Kier molecular flexibility index (Phi) is 4.59. The largest absolute Gasteiger partial charge is 0.347 e. The van der Waals surface area contributed by atoms with Gasteiger partial charge in [-0.15, -0.1) is 0 Å². The first kappa shape index (κ1) is 18.8. The predicted molar refractivity (Wildman–Crippen MR) is 102 cm³/mol. The Morgan fingerprint density at radius 1 is 1.29 bits per heavy atom. The van der Waals surface area contributed by atoms with Crippen LogP contribution in [0.5, 0.6) is 0 Å². The minimum Gasteiger partial charge on any atom is -0.347 e. The van der Waals surface area contributed by atoms with E-state index in [1.54, 1.807) is 17.9 Å². The number of aromatic nitrogens is 3. The fourth-order valence-electron chi connectivity index (χ4n) is 4.60. The van der Waals surface area contributed by atoms with E-state index < -0.39 is 6.55 Å². The van der Waals surface area contributed by atoms with Crippen LogP contribution in [0.3, 0.4) is 0 Å². The molecule has 8 heteroatoms. The van der Waals surface area contributed by atoms with E-state index in [1.807, 2.05) is 25.2 Å². The van der Waals surface area contributed by atoms with Crippen molar-refractivity contribution in [3.05, 3.63) is 41.0 Å². The highest BCUT2D eigenvalue weighted by molar-refractivity contribution is 5.93. The summed E-state index contributed by atoms with van der Waals surface area (Å²) in [5.41, 5.74) is 2.38. The number of halogens is 2. The van der Waals surface area contributed by atoms with Crippen LogP contribution < -0.4 is 4.90 Å². The summed E-state index contributed by atoms with van der Waals surface area (Å²) < 4.78 is 27.7. The number of nitrogens with zero attached hydrogens (tertiary/aromatic N) is 5. The van der Waals surface area contributed by atoms with Gasteiger partial charge >= 0.3 is 6.55 Å². The van der Waals surface area contributed by atoms with Crippen LogP contribution in [-0.2, 0) is 11.8 Å². The summed E-state index contributed by atoms with van der Waals surface area (Å²) in [6, 6.07) is 3.07. The van der Waals surface area contributed by atoms with Gasteiger partial charge in [0, 0.05) is 44.5 Å². The molecule has 1 fully saturated rings. The topological polar surface area (TPSA) is 54.3 Å². The van der Waals surface area contributed by atoms with Crippen LogP contribution in [0, 0.1) is 6.92 Å². The van der Waals surface area contributed by atoms with E-state index >= 15 is 0 Å². The number of rotatable bonds is 3. The van der Waals surface area contributed by atoms with E-state index in [1.165, 1.54) is 6.07 Å². The highest BCUT2D eigenvalue weighted by Crippen LogP contribution is 2.44. The maximum atomic E-state index is 13.4. The van der Waals surface area contributed by atoms with Gasteiger partial charge in [0.25, 0.3) is 5.91 Å². The standard InChI is InChI=1S/C20H25F2N5O/c1-13-5-6-15(27(13)18(21)22)17(28)26-10-4-8-20(12-26)9-7-14-11-23-19(25(2)3)24-16(14)20/h5-6,11,18H,4,7-10,12H2,1-3H3. The molecular formula is C20H25F2N5O. The zero-order valence-corrected chi connectivity index (χ0v) is 16.5. The van der Waals surface area contributed by atoms with E-state index in [9.17, 15) is 13.6 Å². The van der Waals surface area contributed by atoms with Crippen LogP contribution in [0.1, 0.15) is 53.3 Å². The molecule has 0 aromatic carbocycles. The van der Waals surface area contributed by atoms with Gasteiger partial charge in [-0.2, -0.15) is 8.78 Å². The van der Waals surface area contributed by atoms with Crippen molar-refractivity contribution in [3.8, 4) is 0 Å². The number of likely N-dealkylation sites (tertiary alicyclic amines) is 1. The quantitative estimate of drug-likeness (QED) is 0.809. The zero-order chi connectivity index (χ0) is 20.1. The maximum absolute atomic E-state index is 13.4. The number of hydrogen-bond donors (Lipinski definition) is 0. The summed E-state index contributed by atoms with van der Waals surface area (Å²) in [6.07, 6.45) is 5.46. The fraction of sp³-hybridized carbons (Fsp3) is 0.550. The first-order chi connectivity index (χ1) is 13.3. The number of carbonyl (C=O) groups excluding carboxylic acids is 1. The monoisotopic (exact) mass is 389 g/mol. The minimum absolute atomic E-state index is 0.0550. The predicted octanol–water partition coefficient (Wildman–Crippen LogP) is 3.17. The molecule has 6 nitrogen and oxygen atoms in total. The van der Waals surface area contributed by atoms with Gasteiger partial charge in [0.1, 0.15) is 5.69 Å². The van der Waals surface area contributed by atoms with Crippen LogP contribution in [0.25, 0.3) is 0 Å². The number of amides is 1. The lowest BCUT2D eigenvalue weighted by atomic mass is 9.77. The molecule has 2 aromatic rings. The minimum atomic E-state index is -2.73. The number of alkyl halides is 2. The molecule has 1 saturated heterocycles. The first-order valence-corrected chi connectivity index (χ1v) is 9.61. The Morgan fingerprint density at radius 2 is 2.07 bits per heavy atom. The molecule has 1 atom stereocenters. The molecular weight excluding hydrogens is 364 g/mol. The van der Waals surface area contributed by atoms with Gasteiger partial charge in [-0.25, -0.2) is 9.97 Å². The summed E-state index contributed by atoms with van der Waals surface area (Å²) >= 11 is 0. The molecule has 28 heavy (non-hydrogen) atoms. The third kappa shape index (κ3) is 2.95. The third-order valence-electron chi connectivity index (χ3n) is 6.03. The lowest BCUT2D eigenvalue weighted by Crippen LogP contribution is -2.48. The number of aryl methyl sites for hydroxylation is 2. The number of anilines is 1. The highest BCUT2D eigenvalue weighted by Gasteiger charge is 2.45. The molecule has 1 aliphatic heterocycles. The van der Waals surface area contributed by atoms with E-state index in [4.69, 9.17) is 4.98 Å². The molecule has 2 aliphatic rings. The Hall–Kier alpha value is -2.51. The number of hydrogen-bond acceptors (Lipinski definition) is 4. The van der Waals surface area contributed by atoms with Gasteiger partial charge in [0.2, 0.25) is 5.95 Å². The van der Waals surface area contributed by atoms with Crippen molar-refractivity contribution in [1.82, 2.24) is 19.4 Å². The summed E-state index contributed by atoms with van der Waals surface area (Å²) in [5.74, 6) is 0.327. The zero-order valence-electron chi connectivity index (χ0n) is 16.5. The van der Waals surface area contributed by atoms with E-state index in [0.717, 1.165) is 41.5 Å². The molecule has 0 N–H and O–H groups in total. The molecule has 1 spiro atoms. The van der Waals surface area contributed by atoms with Crippen molar-refractivity contribution >= 4 is 11.9 Å². The van der Waals surface area contributed by atoms with Crippen molar-refractivity contribution in [1.29, 1.82) is 0 Å². The Bertz CT molecular complexity index is 906. The van der Waals surface area contributed by atoms with E-state index in [0.29, 0.717) is 24.7 Å². The smallest absolute Gasteiger partial charge is 0.319 e. The average molecular weight is 389 g/mol. The number of piperidine rings is 1. The van der Waals surface area contributed by atoms with Gasteiger partial charge in [0.15, 0.2) is 0 Å². The summed E-state index contributed by atoms with van der Waals surface area (Å²) in [4.78, 5) is 25.9. The van der Waals surface area contributed by atoms with Crippen molar-refractivity contribution < 1.29 is 13.6 Å². The van der Waals surface area contributed by atoms with Gasteiger partial charge < -0.3 is 9.80 Å². The molecule has 4 rings (SSSR count). The molecule has 3 heterocycles. The molecule has 1 unspecified atom stereocenters. The molecule has 0 saturated carbocycles. The van der Waals surface area contributed by atoms with Crippen molar-refractivity contribution in [2.24, 2.45) is 0 Å². The fourth-order valence-corrected chi connectivity index (χ4v) is 4.60. The van der Waals surface area contributed by atoms with Crippen molar-refractivity contribution in [3.63, 3.8) is 0 Å². The molecule has 0 bridgehead atoms. The Balaban J connectivity index is 1.65. The van der Waals surface area contributed by atoms with Crippen molar-refractivity contribution in [2.75, 3.05) is 32.1 Å². The number of carbonyl (C=O) groups is 1. The second-order valence-electron chi connectivity index (χ2n) is 8.06. The highest BCUT2D eigenvalue weighted by atomic mass is 19.3. The van der Waals surface area contributed by atoms with Crippen LogP contribution >= 0.6 is 0 Å². The summed E-state index contributed by atoms with van der Waals surface area (Å²) in [7, 11) is 3.81. The van der Waals surface area contributed by atoms with Crippen LogP contribution in [0.4, 0.5) is 14.7 Å². The maximum Gasteiger partial charge on any atom is 0.319 e. The lowest BCUT2D eigenvalue weighted by Gasteiger charge is -2.40. The second-order valence-corrected chi connectivity index (χ2v) is 8.06. The van der Waals surface area contributed by atoms with E-state index in [-0.39, 0.29) is 17.0 Å². The molecule has 150 valence electrons. The van der Waals surface area contributed by atoms with Gasteiger partial charge in [-0.1, -0.05) is 0 Å². The molecule has 0 radical (unpaired) electrons. The first-order valence-electron chi connectivity index (χ1n) is 9.61. The van der Waals surface area contributed by atoms with Crippen LogP contribution in [0.2, 0.25) is 0 Å². The van der Waals surface area contributed by atoms with Crippen LogP contribution in [-0.4, -0.2) is 52.5 Å². The molecule has 1 aliphatic carbocycles. The third-order valence-corrected chi connectivity index (χ3v) is 6.03. The average Bonchev–Trinajstić information content (AvgIpc) is 3.22. The SMILES string of the molecule is Cc1ccc(C(=O)N2CCCC3(CCc4cnc(N(C)C)nc43)C2)n1C(F)F. The normalized spacial score (nSPS) is 21.4. The lowest BCUT2D eigenvalue weighted by molar-refractivity contribution is 0.0491. The Labute approximate surface area is 163 Å².